The zero-order chi connectivity index (χ0) is 11.3. The van der Waals surface area contributed by atoms with Gasteiger partial charge < -0.3 is 4.98 Å². The maximum Gasteiger partial charge on any atom is 0.0827 e. The van der Waals surface area contributed by atoms with Crippen molar-refractivity contribution in [3.05, 3.63) is 33.9 Å². The van der Waals surface area contributed by atoms with Crippen molar-refractivity contribution in [1.82, 2.24) is 4.98 Å². The molecule has 0 aliphatic carbocycles. The highest BCUT2D eigenvalue weighted by molar-refractivity contribution is 14.1. The molecule has 0 saturated carbocycles. The van der Waals surface area contributed by atoms with Crippen LogP contribution in [0.25, 0.3) is 10.9 Å². The van der Waals surface area contributed by atoms with Crippen LogP contribution in [0.4, 0.5) is 0 Å². The Balaban J connectivity index is 3.07. The van der Waals surface area contributed by atoms with Gasteiger partial charge in [0.1, 0.15) is 0 Å². The van der Waals surface area contributed by atoms with Crippen LogP contribution in [0.1, 0.15) is 6.85 Å². The number of fused-ring (bicyclic) bond motifs is 1. The van der Waals surface area contributed by atoms with E-state index in [2.05, 4.69) is 4.98 Å². The van der Waals surface area contributed by atoms with E-state index in [1.165, 1.54) is 0 Å². The van der Waals surface area contributed by atoms with E-state index in [-0.39, 0.29) is 30.3 Å². The first kappa shape index (κ1) is 2.85. The zero-order valence-electron chi connectivity index (χ0n) is 9.88. The summed E-state index contributed by atoms with van der Waals surface area (Å²) < 4.78 is 38.3. The molecule has 1 heterocycles. The van der Waals surface area contributed by atoms with E-state index in [0.29, 0.717) is 14.5 Å². The normalized spacial score (nSPS) is 17.5. The van der Waals surface area contributed by atoms with Gasteiger partial charge in [-0.05, 0) is 28.6 Å². The molecule has 1 N–H and O–H groups in total. The second-order valence-electron chi connectivity index (χ2n) is 1.81. The largest absolute Gasteiger partial charge is 0.360 e. The average Bonchev–Trinajstić information content (AvgIpc) is 2.50. The third-order valence-electron chi connectivity index (χ3n) is 1.20. The van der Waals surface area contributed by atoms with Crippen molar-refractivity contribution in [2.45, 2.75) is 0 Å². The Kier molecular flexibility index (Phi) is 0.647. The quantitative estimate of drug-likeness (QED) is 0.690. The summed E-state index contributed by atoms with van der Waals surface area (Å²) in [6.07, 6.45) is 0.123. The summed E-state index contributed by atoms with van der Waals surface area (Å²) in [4.78, 5) is 2.65. The summed E-state index contributed by atoms with van der Waals surface area (Å²) in [5.41, 5.74) is 0.301. The first-order valence-electron chi connectivity index (χ1n) is 5.19. The summed E-state index contributed by atoms with van der Waals surface area (Å²) in [7, 11) is 0. The van der Waals surface area contributed by atoms with E-state index in [1.54, 1.807) is 0 Å². The molecule has 0 saturated heterocycles. The SMILES string of the molecule is [2H]c1[nH]c2c([2H])c([2H])c([2H])c([2H])c2c1I. The monoisotopic (exact) mass is 248 g/mol. The molecule has 50 valence electrons. The summed E-state index contributed by atoms with van der Waals surface area (Å²) >= 11 is 1.90. The van der Waals surface area contributed by atoms with Gasteiger partial charge in [-0.2, -0.15) is 0 Å². The number of aromatic amines is 1. The predicted octanol–water partition coefficient (Wildman–Crippen LogP) is 2.77. The number of aromatic nitrogens is 1. The number of benzene rings is 1. The molecular formula is C8H6IN. The smallest absolute Gasteiger partial charge is 0.0827 e. The molecule has 0 fully saturated rings. The van der Waals surface area contributed by atoms with Crippen LogP contribution in [-0.2, 0) is 0 Å². The number of para-hydroxylation sites is 1. The maximum atomic E-state index is 7.68. The molecular weight excluding hydrogens is 237 g/mol. The standard InChI is InChI=1S/C8H6IN/c9-7-5-10-8-4-2-1-3-6(7)8/h1-5,10H/i1D,2D,3D,4D,5D. The lowest BCUT2D eigenvalue weighted by Crippen LogP contribution is -1.64. The number of halogens is 1. The summed E-state index contributed by atoms with van der Waals surface area (Å²) in [5.74, 6) is 0. The highest BCUT2D eigenvalue weighted by Gasteiger charge is 1.95. The topological polar surface area (TPSA) is 15.8 Å². The minimum atomic E-state index is -0.273. The van der Waals surface area contributed by atoms with Gasteiger partial charge in [-0.15, -0.1) is 0 Å². The second kappa shape index (κ2) is 2.27. The Bertz CT molecular complexity index is 562. The molecule has 0 unspecified atom stereocenters. The lowest BCUT2D eigenvalue weighted by Gasteiger charge is -1.85. The fourth-order valence-corrected chi connectivity index (χ4v) is 1.29. The van der Waals surface area contributed by atoms with Crippen molar-refractivity contribution in [2.75, 3.05) is 0 Å². The lowest BCUT2D eigenvalue weighted by molar-refractivity contribution is 1.47. The molecule has 0 bridgehead atoms. The van der Waals surface area contributed by atoms with E-state index in [0.717, 1.165) is 0 Å². The molecule has 0 radical (unpaired) electrons. The van der Waals surface area contributed by atoms with Crippen LogP contribution in [0.15, 0.2) is 30.3 Å². The summed E-state index contributed by atoms with van der Waals surface area (Å²) in [6, 6.07) is -0.748. The van der Waals surface area contributed by atoms with Crippen molar-refractivity contribution in [3.63, 3.8) is 0 Å². The van der Waals surface area contributed by atoms with E-state index < -0.39 is 0 Å². The van der Waals surface area contributed by atoms with Crippen molar-refractivity contribution in [3.8, 4) is 0 Å². The fraction of sp³-hybridized carbons (Fsp3) is 0. The second-order valence-corrected chi connectivity index (χ2v) is 2.89. The third kappa shape index (κ3) is 0.831. The zero-order valence-corrected chi connectivity index (χ0v) is 7.04. The highest BCUT2D eigenvalue weighted by atomic mass is 127. The molecule has 10 heavy (non-hydrogen) atoms. The molecule has 0 atom stereocenters. The van der Waals surface area contributed by atoms with Gasteiger partial charge in [-0.3, -0.25) is 0 Å². The Morgan fingerprint density at radius 1 is 1.40 bits per heavy atom. The van der Waals surface area contributed by atoms with E-state index in [4.69, 9.17) is 6.85 Å². The highest BCUT2D eigenvalue weighted by Crippen LogP contribution is 2.18. The molecule has 0 aliphatic heterocycles. The van der Waals surface area contributed by atoms with Crippen LogP contribution < -0.4 is 0 Å². The van der Waals surface area contributed by atoms with Gasteiger partial charge in [0, 0.05) is 20.6 Å². The first-order chi connectivity index (χ1) is 6.95. The van der Waals surface area contributed by atoms with Crippen LogP contribution in [0, 0.1) is 3.57 Å². The van der Waals surface area contributed by atoms with E-state index in [9.17, 15) is 0 Å². The number of hydrogen-bond donors (Lipinski definition) is 1. The summed E-state index contributed by atoms with van der Waals surface area (Å²) in [6.45, 7) is 0. The van der Waals surface area contributed by atoms with Crippen LogP contribution >= 0.6 is 22.6 Å². The van der Waals surface area contributed by atoms with Gasteiger partial charge in [0.25, 0.3) is 0 Å². The minimum Gasteiger partial charge on any atom is -0.360 e. The van der Waals surface area contributed by atoms with E-state index >= 15 is 0 Å². The van der Waals surface area contributed by atoms with Gasteiger partial charge in [-0.1, -0.05) is 18.1 Å². The molecule has 1 aromatic carbocycles. The Morgan fingerprint density at radius 3 is 3.10 bits per heavy atom. The Hall–Kier alpha value is -0.510. The number of hydrogen-bond acceptors (Lipinski definition) is 0. The van der Waals surface area contributed by atoms with Gasteiger partial charge in [0.2, 0.25) is 0 Å². The van der Waals surface area contributed by atoms with Crippen molar-refractivity contribution in [2.24, 2.45) is 0 Å². The summed E-state index contributed by atoms with van der Waals surface area (Å²) in [5, 5.41) is 0.395. The number of nitrogens with one attached hydrogen (secondary N) is 1. The van der Waals surface area contributed by atoms with Gasteiger partial charge in [0.15, 0.2) is 0 Å². The van der Waals surface area contributed by atoms with Crippen molar-refractivity contribution < 1.29 is 6.85 Å². The molecule has 2 rings (SSSR count). The fourth-order valence-electron chi connectivity index (χ4n) is 0.751. The number of H-pyrrole nitrogens is 1. The minimum absolute atomic E-state index is 0.0925. The molecule has 0 aliphatic rings. The molecule has 1 aromatic heterocycles. The van der Waals surface area contributed by atoms with Crippen LogP contribution in [0.5, 0.6) is 0 Å². The number of rotatable bonds is 0. The van der Waals surface area contributed by atoms with Crippen LogP contribution in [0.3, 0.4) is 0 Å². The lowest BCUT2D eigenvalue weighted by atomic mass is 10.3. The third-order valence-corrected chi connectivity index (χ3v) is 2.01. The molecule has 2 heteroatoms. The van der Waals surface area contributed by atoms with Crippen molar-refractivity contribution in [1.29, 1.82) is 0 Å². The molecule has 2 aromatic rings. The van der Waals surface area contributed by atoms with Gasteiger partial charge in [0.05, 0.1) is 6.85 Å². The maximum absolute atomic E-state index is 7.68. The van der Waals surface area contributed by atoms with Crippen molar-refractivity contribution >= 4 is 33.5 Å². The van der Waals surface area contributed by atoms with Gasteiger partial charge >= 0.3 is 0 Å². The predicted molar refractivity (Wildman–Crippen MR) is 51.0 cm³/mol. The van der Waals surface area contributed by atoms with Crippen LogP contribution in [-0.4, -0.2) is 4.98 Å². The van der Waals surface area contributed by atoms with Crippen LogP contribution in [0.2, 0.25) is 0 Å². The first-order valence-corrected chi connectivity index (χ1v) is 3.77. The Labute approximate surface area is 79.6 Å². The molecule has 1 nitrogen and oxygen atoms in total. The average molecular weight is 248 g/mol. The Morgan fingerprint density at radius 2 is 2.20 bits per heavy atom. The van der Waals surface area contributed by atoms with E-state index in [1.807, 2.05) is 22.6 Å². The van der Waals surface area contributed by atoms with Gasteiger partial charge in [-0.25, -0.2) is 0 Å². The molecule has 0 spiro atoms. The molecule has 0 amide bonds.